The van der Waals surface area contributed by atoms with Crippen LogP contribution in [-0.2, 0) is 9.47 Å². The van der Waals surface area contributed by atoms with E-state index in [0.717, 1.165) is 6.42 Å². The summed E-state index contributed by atoms with van der Waals surface area (Å²) >= 11 is 0. The molecule has 0 amide bonds. The minimum Gasteiger partial charge on any atom is -0.390 e. The molecule has 1 aliphatic rings. The average molecular weight is 174 g/mol. The molecule has 3 heteroatoms. The number of hydrogen-bond donors (Lipinski definition) is 1. The first kappa shape index (κ1) is 9.96. The number of aliphatic hydroxyl groups excluding tert-OH is 1. The number of hydrogen-bond acceptors (Lipinski definition) is 3. The minimum atomic E-state index is -0.348. The van der Waals surface area contributed by atoms with Crippen LogP contribution in [-0.4, -0.2) is 36.1 Å². The van der Waals surface area contributed by atoms with Crippen molar-refractivity contribution in [2.24, 2.45) is 0 Å². The Kier molecular flexibility index (Phi) is 3.50. The van der Waals surface area contributed by atoms with Gasteiger partial charge >= 0.3 is 0 Å². The predicted molar refractivity (Wildman–Crippen MR) is 46.0 cm³/mol. The maximum atomic E-state index is 9.47. The van der Waals surface area contributed by atoms with E-state index in [9.17, 15) is 5.11 Å². The smallest absolute Gasteiger partial charge is 0.107 e. The van der Waals surface area contributed by atoms with Gasteiger partial charge in [-0.1, -0.05) is 0 Å². The zero-order valence-electron chi connectivity index (χ0n) is 7.99. The molecular formula is C9H18O3. The number of ether oxygens (including phenoxy) is 2. The fourth-order valence-electron chi connectivity index (χ4n) is 1.37. The van der Waals surface area contributed by atoms with Crippen LogP contribution in [0.2, 0.25) is 0 Å². The van der Waals surface area contributed by atoms with Crippen LogP contribution < -0.4 is 0 Å². The first-order chi connectivity index (χ1) is 5.59. The van der Waals surface area contributed by atoms with Gasteiger partial charge in [0.2, 0.25) is 0 Å². The maximum Gasteiger partial charge on any atom is 0.107 e. The highest BCUT2D eigenvalue weighted by Gasteiger charge is 2.31. The molecule has 0 saturated carbocycles. The van der Waals surface area contributed by atoms with Gasteiger partial charge in [-0.25, -0.2) is 0 Å². The topological polar surface area (TPSA) is 38.7 Å². The molecule has 3 nitrogen and oxygen atoms in total. The second kappa shape index (κ2) is 4.21. The van der Waals surface area contributed by atoms with Crippen molar-refractivity contribution in [2.45, 2.75) is 51.6 Å². The molecule has 1 N–H and O–H groups in total. The number of rotatable bonds is 3. The van der Waals surface area contributed by atoms with Crippen LogP contribution in [0.1, 0.15) is 27.2 Å². The fourth-order valence-corrected chi connectivity index (χ4v) is 1.37. The van der Waals surface area contributed by atoms with Gasteiger partial charge in [-0.2, -0.15) is 0 Å². The molecule has 12 heavy (non-hydrogen) atoms. The monoisotopic (exact) mass is 174 g/mol. The second-order valence-corrected chi connectivity index (χ2v) is 3.67. The summed E-state index contributed by atoms with van der Waals surface area (Å²) in [6.07, 6.45) is 0.630. The van der Waals surface area contributed by atoms with Gasteiger partial charge < -0.3 is 14.6 Å². The Morgan fingerprint density at radius 2 is 2.25 bits per heavy atom. The fraction of sp³-hybridized carbons (Fsp3) is 1.00. The third-order valence-corrected chi connectivity index (χ3v) is 2.00. The Hall–Kier alpha value is -0.120. The van der Waals surface area contributed by atoms with Gasteiger partial charge in [0.15, 0.2) is 0 Å². The van der Waals surface area contributed by atoms with Crippen molar-refractivity contribution in [3.8, 4) is 0 Å². The Labute approximate surface area is 73.7 Å². The summed E-state index contributed by atoms with van der Waals surface area (Å²) in [5, 5.41) is 9.47. The largest absolute Gasteiger partial charge is 0.390 e. The molecule has 1 heterocycles. The molecule has 3 atom stereocenters. The molecule has 72 valence electrons. The van der Waals surface area contributed by atoms with Crippen LogP contribution in [0.25, 0.3) is 0 Å². The van der Waals surface area contributed by atoms with E-state index in [0.29, 0.717) is 6.61 Å². The van der Waals surface area contributed by atoms with E-state index in [2.05, 4.69) is 0 Å². The predicted octanol–water partition coefficient (Wildman–Crippen LogP) is 0.950. The van der Waals surface area contributed by atoms with Gasteiger partial charge in [-0.3, -0.25) is 0 Å². The lowest BCUT2D eigenvalue weighted by Gasteiger charge is -2.15. The third-order valence-electron chi connectivity index (χ3n) is 2.00. The molecule has 0 aliphatic carbocycles. The first-order valence-electron chi connectivity index (χ1n) is 4.54. The normalized spacial score (nSPS) is 36.2. The van der Waals surface area contributed by atoms with E-state index in [1.165, 1.54) is 0 Å². The summed E-state index contributed by atoms with van der Waals surface area (Å²) in [7, 11) is 0. The zero-order chi connectivity index (χ0) is 9.14. The van der Waals surface area contributed by atoms with Crippen LogP contribution in [0.5, 0.6) is 0 Å². The second-order valence-electron chi connectivity index (χ2n) is 3.67. The van der Waals surface area contributed by atoms with Crippen molar-refractivity contribution < 1.29 is 14.6 Å². The SMILES string of the molecule is CC(C)OC[C@@H]1O[C@H](C)C[C@@H]1O. The summed E-state index contributed by atoms with van der Waals surface area (Å²) in [4.78, 5) is 0. The van der Waals surface area contributed by atoms with E-state index < -0.39 is 0 Å². The molecule has 0 radical (unpaired) electrons. The van der Waals surface area contributed by atoms with Crippen molar-refractivity contribution in [3.05, 3.63) is 0 Å². The molecule has 0 unspecified atom stereocenters. The van der Waals surface area contributed by atoms with E-state index in [1.807, 2.05) is 20.8 Å². The lowest BCUT2D eigenvalue weighted by atomic mass is 10.1. The lowest BCUT2D eigenvalue weighted by molar-refractivity contribution is -0.0552. The van der Waals surface area contributed by atoms with Gasteiger partial charge in [0, 0.05) is 6.42 Å². The van der Waals surface area contributed by atoms with E-state index in [4.69, 9.17) is 9.47 Å². The standard InChI is InChI=1S/C9H18O3/c1-6(2)11-5-9-8(10)4-7(3)12-9/h6-10H,4-5H2,1-3H3/t7-,8+,9+/m1/s1. The van der Waals surface area contributed by atoms with Gasteiger partial charge in [0.1, 0.15) is 6.10 Å². The van der Waals surface area contributed by atoms with Crippen LogP contribution in [0, 0.1) is 0 Å². The Morgan fingerprint density at radius 1 is 1.58 bits per heavy atom. The average Bonchev–Trinajstić information content (AvgIpc) is 2.26. The van der Waals surface area contributed by atoms with Gasteiger partial charge in [-0.05, 0) is 20.8 Å². The van der Waals surface area contributed by atoms with Crippen molar-refractivity contribution in [3.63, 3.8) is 0 Å². The highest BCUT2D eigenvalue weighted by Crippen LogP contribution is 2.20. The summed E-state index contributed by atoms with van der Waals surface area (Å²) in [5.41, 5.74) is 0. The quantitative estimate of drug-likeness (QED) is 0.692. The van der Waals surface area contributed by atoms with Crippen LogP contribution in [0.4, 0.5) is 0 Å². The molecule has 0 aromatic heterocycles. The van der Waals surface area contributed by atoms with Gasteiger partial charge in [0.25, 0.3) is 0 Å². The van der Waals surface area contributed by atoms with E-state index >= 15 is 0 Å². The van der Waals surface area contributed by atoms with E-state index in [-0.39, 0.29) is 24.4 Å². The van der Waals surface area contributed by atoms with Gasteiger partial charge in [-0.15, -0.1) is 0 Å². The highest BCUT2D eigenvalue weighted by molar-refractivity contribution is 4.79. The summed E-state index contributed by atoms with van der Waals surface area (Å²) in [5.74, 6) is 0. The Balaban J connectivity index is 2.23. The first-order valence-corrected chi connectivity index (χ1v) is 4.54. The molecule has 0 aromatic rings. The van der Waals surface area contributed by atoms with Crippen LogP contribution in [0.3, 0.4) is 0 Å². The molecular weight excluding hydrogens is 156 g/mol. The molecule has 1 saturated heterocycles. The van der Waals surface area contributed by atoms with Crippen molar-refractivity contribution >= 4 is 0 Å². The van der Waals surface area contributed by atoms with Gasteiger partial charge in [0.05, 0.1) is 24.9 Å². The molecule has 0 aromatic carbocycles. The lowest BCUT2D eigenvalue weighted by Crippen LogP contribution is -2.27. The molecule has 0 spiro atoms. The molecule has 1 fully saturated rings. The summed E-state index contributed by atoms with van der Waals surface area (Å²) in [6.45, 7) is 6.43. The summed E-state index contributed by atoms with van der Waals surface area (Å²) in [6, 6.07) is 0. The zero-order valence-corrected chi connectivity index (χ0v) is 7.99. The van der Waals surface area contributed by atoms with Crippen molar-refractivity contribution in [2.75, 3.05) is 6.61 Å². The third kappa shape index (κ3) is 2.73. The molecule has 0 bridgehead atoms. The van der Waals surface area contributed by atoms with Crippen LogP contribution in [0.15, 0.2) is 0 Å². The maximum absolute atomic E-state index is 9.47. The molecule has 1 aliphatic heterocycles. The minimum absolute atomic E-state index is 0.123. The van der Waals surface area contributed by atoms with E-state index in [1.54, 1.807) is 0 Å². The van der Waals surface area contributed by atoms with Crippen molar-refractivity contribution in [1.82, 2.24) is 0 Å². The van der Waals surface area contributed by atoms with Crippen molar-refractivity contribution in [1.29, 1.82) is 0 Å². The highest BCUT2D eigenvalue weighted by atomic mass is 16.6. The Bertz CT molecular complexity index is 136. The molecule has 1 rings (SSSR count). The number of aliphatic hydroxyl groups is 1. The Morgan fingerprint density at radius 3 is 2.67 bits per heavy atom. The summed E-state index contributed by atoms with van der Waals surface area (Å²) < 4.78 is 10.8. The van der Waals surface area contributed by atoms with Crippen LogP contribution >= 0.6 is 0 Å².